The molecule has 0 bridgehead atoms. The Morgan fingerprint density at radius 3 is 2.54 bits per heavy atom. The highest BCUT2D eigenvalue weighted by Crippen LogP contribution is 2.37. The molecule has 0 radical (unpaired) electrons. The van der Waals surface area contributed by atoms with E-state index in [-0.39, 0.29) is 16.5 Å². The fourth-order valence-electron chi connectivity index (χ4n) is 3.21. The highest BCUT2D eigenvalue weighted by molar-refractivity contribution is 7.89. The first-order valence-electron chi connectivity index (χ1n) is 7.70. The molecule has 0 fully saturated rings. The van der Waals surface area contributed by atoms with Crippen molar-refractivity contribution in [3.8, 4) is 0 Å². The van der Waals surface area contributed by atoms with Gasteiger partial charge >= 0.3 is 5.97 Å². The third-order valence-corrected chi connectivity index (χ3v) is 6.41. The average molecular weight is 345 g/mol. The van der Waals surface area contributed by atoms with Crippen LogP contribution < -0.4 is 0 Å². The van der Waals surface area contributed by atoms with E-state index in [1.807, 2.05) is 24.3 Å². The normalized spacial score (nSPS) is 16.9. The molecule has 126 valence electrons. The van der Waals surface area contributed by atoms with E-state index >= 15 is 0 Å². The third kappa shape index (κ3) is 2.72. The molecule has 0 saturated heterocycles. The Bertz CT molecular complexity index is 876. The zero-order valence-corrected chi connectivity index (χ0v) is 14.4. The first-order valence-corrected chi connectivity index (χ1v) is 9.14. The molecule has 0 saturated carbocycles. The number of nitrogens with zero attached hydrogens (tertiary/aromatic N) is 1. The van der Waals surface area contributed by atoms with E-state index in [9.17, 15) is 13.2 Å². The number of hydrogen-bond donors (Lipinski definition) is 0. The van der Waals surface area contributed by atoms with Crippen molar-refractivity contribution in [1.29, 1.82) is 0 Å². The van der Waals surface area contributed by atoms with Crippen LogP contribution in [0, 0.1) is 0 Å². The van der Waals surface area contributed by atoms with Gasteiger partial charge in [-0.1, -0.05) is 36.4 Å². The molecule has 2 aromatic rings. The minimum Gasteiger partial charge on any atom is -0.465 e. The summed E-state index contributed by atoms with van der Waals surface area (Å²) in [4.78, 5) is 11.9. The van der Waals surface area contributed by atoms with Gasteiger partial charge in [-0.3, -0.25) is 0 Å². The van der Waals surface area contributed by atoms with Crippen LogP contribution in [0.15, 0.2) is 53.4 Å². The highest BCUT2D eigenvalue weighted by atomic mass is 32.2. The fourth-order valence-corrected chi connectivity index (χ4v) is 4.75. The fraction of sp³-hybridized carbons (Fsp3) is 0.278. The summed E-state index contributed by atoms with van der Waals surface area (Å²) in [6, 6.07) is 13.8. The molecule has 1 atom stereocenters. The first-order chi connectivity index (χ1) is 11.5. The lowest BCUT2D eigenvalue weighted by atomic mass is 10.1. The van der Waals surface area contributed by atoms with Crippen molar-refractivity contribution in [2.45, 2.75) is 23.8 Å². The summed E-state index contributed by atoms with van der Waals surface area (Å²) in [7, 11) is -1.01. The molecule has 0 aromatic heterocycles. The number of aryl methyl sites for hydroxylation is 1. The lowest BCUT2D eigenvalue weighted by Gasteiger charge is -2.25. The van der Waals surface area contributed by atoms with Crippen molar-refractivity contribution in [2.24, 2.45) is 0 Å². The standard InChI is InChI=1S/C18H19NO4S/c1-19(16-12-11-13-7-3-4-8-14(13)16)24(21,22)17-10-6-5-9-15(17)18(20)23-2/h3-10,16H,11-12H2,1-2H3. The highest BCUT2D eigenvalue weighted by Gasteiger charge is 2.35. The van der Waals surface area contributed by atoms with Gasteiger partial charge in [-0.25, -0.2) is 13.2 Å². The van der Waals surface area contributed by atoms with Crippen LogP contribution in [0.3, 0.4) is 0 Å². The van der Waals surface area contributed by atoms with Gasteiger partial charge < -0.3 is 4.74 Å². The quantitative estimate of drug-likeness (QED) is 0.800. The first kappa shape index (κ1) is 16.7. The Kier molecular flexibility index (Phi) is 4.43. The molecule has 6 heteroatoms. The number of ether oxygens (including phenoxy) is 1. The van der Waals surface area contributed by atoms with Crippen molar-refractivity contribution in [2.75, 3.05) is 14.2 Å². The summed E-state index contributed by atoms with van der Waals surface area (Å²) in [5, 5.41) is 0. The molecule has 1 unspecified atom stereocenters. The maximum Gasteiger partial charge on any atom is 0.339 e. The minimum absolute atomic E-state index is 0.0243. The number of esters is 1. The topological polar surface area (TPSA) is 63.7 Å². The number of carbonyl (C=O) groups excluding carboxylic acids is 1. The molecule has 24 heavy (non-hydrogen) atoms. The Balaban J connectivity index is 2.02. The molecule has 0 heterocycles. The molecule has 0 amide bonds. The molecule has 0 aliphatic heterocycles. The molecular formula is C18H19NO4S. The number of sulfonamides is 1. The Morgan fingerprint density at radius 1 is 1.12 bits per heavy atom. The number of carbonyl (C=O) groups is 1. The van der Waals surface area contributed by atoms with Gasteiger partial charge in [-0.05, 0) is 36.1 Å². The smallest absolute Gasteiger partial charge is 0.339 e. The predicted octanol–water partition coefficient (Wildman–Crippen LogP) is 2.78. The summed E-state index contributed by atoms with van der Waals surface area (Å²) < 4.78 is 32.3. The van der Waals surface area contributed by atoms with E-state index in [0.717, 1.165) is 18.4 Å². The molecule has 1 aliphatic rings. The lowest BCUT2D eigenvalue weighted by Crippen LogP contribution is -2.31. The number of fused-ring (bicyclic) bond motifs is 1. The van der Waals surface area contributed by atoms with Gasteiger partial charge in [0.1, 0.15) is 0 Å². The van der Waals surface area contributed by atoms with Crippen LogP contribution in [0.25, 0.3) is 0 Å². The summed E-state index contributed by atoms with van der Waals surface area (Å²) >= 11 is 0. The summed E-state index contributed by atoms with van der Waals surface area (Å²) in [6.45, 7) is 0. The summed E-state index contributed by atoms with van der Waals surface area (Å²) in [5.41, 5.74) is 2.25. The maximum atomic E-state index is 13.1. The van der Waals surface area contributed by atoms with Gasteiger partial charge in [-0.15, -0.1) is 0 Å². The number of rotatable bonds is 4. The molecule has 3 rings (SSSR count). The van der Waals surface area contributed by atoms with Crippen molar-refractivity contribution < 1.29 is 17.9 Å². The SMILES string of the molecule is COC(=O)c1ccccc1S(=O)(=O)N(C)C1CCc2ccccc21. The van der Waals surface area contributed by atoms with Crippen LogP contribution in [0.4, 0.5) is 0 Å². The molecule has 2 aromatic carbocycles. The lowest BCUT2D eigenvalue weighted by molar-refractivity contribution is 0.0596. The van der Waals surface area contributed by atoms with E-state index in [0.29, 0.717) is 0 Å². The van der Waals surface area contributed by atoms with Gasteiger partial charge in [0, 0.05) is 7.05 Å². The minimum atomic E-state index is -3.82. The molecular weight excluding hydrogens is 326 g/mol. The van der Waals surface area contributed by atoms with E-state index in [1.54, 1.807) is 19.2 Å². The van der Waals surface area contributed by atoms with Crippen LogP contribution in [-0.4, -0.2) is 32.8 Å². The zero-order valence-electron chi connectivity index (χ0n) is 13.6. The van der Waals surface area contributed by atoms with Gasteiger partial charge in [0.25, 0.3) is 0 Å². The number of benzene rings is 2. The molecule has 5 nitrogen and oxygen atoms in total. The Hall–Kier alpha value is -2.18. The second-order valence-corrected chi connectivity index (χ2v) is 7.73. The Labute approximate surface area is 141 Å². The average Bonchev–Trinajstić information content (AvgIpc) is 3.04. The predicted molar refractivity (Wildman–Crippen MR) is 90.2 cm³/mol. The second-order valence-electron chi connectivity index (χ2n) is 5.76. The van der Waals surface area contributed by atoms with E-state index in [4.69, 9.17) is 4.74 Å². The van der Waals surface area contributed by atoms with Gasteiger partial charge in [0.2, 0.25) is 10.0 Å². The van der Waals surface area contributed by atoms with Crippen molar-refractivity contribution in [1.82, 2.24) is 4.31 Å². The van der Waals surface area contributed by atoms with Crippen molar-refractivity contribution in [3.05, 3.63) is 65.2 Å². The van der Waals surface area contributed by atoms with E-state index in [2.05, 4.69) is 0 Å². The van der Waals surface area contributed by atoms with Gasteiger partial charge in [-0.2, -0.15) is 4.31 Å². The number of hydrogen-bond acceptors (Lipinski definition) is 4. The van der Waals surface area contributed by atoms with Gasteiger partial charge in [0.15, 0.2) is 0 Å². The van der Waals surface area contributed by atoms with E-state index < -0.39 is 16.0 Å². The third-order valence-electron chi connectivity index (χ3n) is 4.49. The summed E-state index contributed by atoms with van der Waals surface area (Å²) in [6.07, 6.45) is 1.58. The largest absolute Gasteiger partial charge is 0.465 e. The van der Waals surface area contributed by atoms with Crippen molar-refractivity contribution >= 4 is 16.0 Å². The Morgan fingerprint density at radius 2 is 1.79 bits per heavy atom. The zero-order chi connectivity index (χ0) is 17.3. The number of methoxy groups -OCH3 is 1. The van der Waals surface area contributed by atoms with Crippen LogP contribution in [0.2, 0.25) is 0 Å². The monoisotopic (exact) mass is 345 g/mol. The molecule has 0 N–H and O–H groups in total. The van der Waals surface area contributed by atoms with Crippen LogP contribution >= 0.6 is 0 Å². The van der Waals surface area contributed by atoms with Gasteiger partial charge in [0.05, 0.1) is 23.6 Å². The van der Waals surface area contributed by atoms with Crippen LogP contribution in [0.5, 0.6) is 0 Å². The maximum absolute atomic E-state index is 13.1. The van der Waals surface area contributed by atoms with E-state index in [1.165, 1.54) is 29.1 Å². The summed E-state index contributed by atoms with van der Waals surface area (Å²) in [5.74, 6) is -0.658. The van der Waals surface area contributed by atoms with Crippen LogP contribution in [0.1, 0.15) is 33.9 Å². The van der Waals surface area contributed by atoms with Crippen molar-refractivity contribution in [3.63, 3.8) is 0 Å². The molecule has 1 aliphatic carbocycles. The molecule has 0 spiro atoms. The second kappa shape index (κ2) is 6.37. The van der Waals surface area contributed by atoms with Crippen LogP contribution in [-0.2, 0) is 21.2 Å².